The Morgan fingerprint density at radius 1 is 1.22 bits per heavy atom. The van der Waals surface area contributed by atoms with Gasteiger partial charge in [-0.1, -0.05) is 0 Å². The van der Waals surface area contributed by atoms with Gasteiger partial charge in [-0.05, 0) is 30.3 Å². The monoisotopic (exact) mass is 383 g/mol. The molecular formula is C17H13F4N3O3. The van der Waals surface area contributed by atoms with Crippen molar-refractivity contribution in [1.82, 2.24) is 0 Å². The molecule has 0 aromatic heterocycles. The van der Waals surface area contributed by atoms with E-state index in [0.717, 1.165) is 17.1 Å². The molecule has 1 aliphatic heterocycles. The normalized spacial score (nSPS) is 15.2. The van der Waals surface area contributed by atoms with E-state index in [4.69, 9.17) is 4.74 Å². The molecule has 2 aromatic rings. The van der Waals surface area contributed by atoms with E-state index in [1.165, 1.54) is 25.2 Å². The van der Waals surface area contributed by atoms with Gasteiger partial charge in [0.25, 0.3) is 5.69 Å². The molecule has 3 rings (SSSR count). The number of alkyl halides is 3. The van der Waals surface area contributed by atoms with Crippen LogP contribution in [0, 0.1) is 15.9 Å². The van der Waals surface area contributed by atoms with Crippen molar-refractivity contribution in [3.8, 4) is 5.75 Å². The Kier molecular flexibility index (Phi) is 4.73. The number of halogens is 4. The van der Waals surface area contributed by atoms with Gasteiger partial charge >= 0.3 is 6.18 Å². The summed E-state index contributed by atoms with van der Waals surface area (Å²) in [7, 11) is 1.37. The van der Waals surface area contributed by atoms with Crippen LogP contribution >= 0.6 is 0 Å². The van der Waals surface area contributed by atoms with Crippen LogP contribution in [0.1, 0.15) is 17.5 Å². The predicted octanol–water partition coefficient (Wildman–Crippen LogP) is 4.38. The average molecular weight is 383 g/mol. The Bertz CT molecular complexity index is 928. The first-order valence-electron chi connectivity index (χ1n) is 7.76. The fourth-order valence-electron chi connectivity index (χ4n) is 2.70. The summed E-state index contributed by atoms with van der Waals surface area (Å²) in [5, 5.41) is 16.6. The van der Waals surface area contributed by atoms with Crippen molar-refractivity contribution in [2.75, 3.05) is 18.7 Å². The molecular weight excluding hydrogens is 370 g/mol. The summed E-state index contributed by atoms with van der Waals surface area (Å²) < 4.78 is 57.4. The summed E-state index contributed by atoms with van der Waals surface area (Å²) in [5.41, 5.74) is -1.18. The Labute approximate surface area is 150 Å². The minimum atomic E-state index is -4.70. The molecule has 0 spiro atoms. The van der Waals surface area contributed by atoms with Crippen LogP contribution in [0.25, 0.3) is 0 Å². The van der Waals surface area contributed by atoms with E-state index < -0.39 is 28.2 Å². The van der Waals surface area contributed by atoms with E-state index in [2.05, 4.69) is 5.10 Å². The van der Waals surface area contributed by atoms with Crippen molar-refractivity contribution in [1.29, 1.82) is 0 Å². The molecule has 0 radical (unpaired) electrons. The molecule has 0 unspecified atom stereocenters. The highest BCUT2D eigenvalue weighted by atomic mass is 19.4. The number of ether oxygens (including phenoxy) is 1. The summed E-state index contributed by atoms with van der Waals surface area (Å²) in [4.78, 5) is 10.3. The van der Waals surface area contributed by atoms with Gasteiger partial charge < -0.3 is 4.74 Å². The quantitative estimate of drug-likeness (QED) is 0.448. The molecule has 2 aromatic carbocycles. The van der Waals surface area contributed by atoms with Gasteiger partial charge in [-0.3, -0.25) is 15.1 Å². The van der Waals surface area contributed by atoms with Crippen LogP contribution < -0.4 is 9.75 Å². The smallest absolute Gasteiger partial charge is 0.416 e. The Morgan fingerprint density at radius 2 is 1.96 bits per heavy atom. The maximum atomic E-state index is 13.5. The molecule has 27 heavy (non-hydrogen) atoms. The van der Waals surface area contributed by atoms with Gasteiger partial charge in [0.2, 0.25) is 0 Å². The lowest BCUT2D eigenvalue weighted by Gasteiger charge is -2.22. The van der Waals surface area contributed by atoms with Gasteiger partial charge in [0.1, 0.15) is 17.3 Å². The number of nitro benzene ring substituents is 1. The number of hydrazone groups is 1. The van der Waals surface area contributed by atoms with Gasteiger partial charge in [0.05, 0.1) is 22.8 Å². The second kappa shape index (κ2) is 6.86. The second-order valence-electron chi connectivity index (χ2n) is 5.77. The molecule has 0 fully saturated rings. The van der Waals surface area contributed by atoms with Crippen LogP contribution in [-0.2, 0) is 6.18 Å². The van der Waals surface area contributed by atoms with Crippen molar-refractivity contribution in [3.05, 3.63) is 63.5 Å². The molecule has 1 aliphatic rings. The highest BCUT2D eigenvalue weighted by Gasteiger charge is 2.33. The summed E-state index contributed by atoms with van der Waals surface area (Å²) in [5.74, 6) is -0.0909. The first-order chi connectivity index (χ1) is 12.7. The van der Waals surface area contributed by atoms with Crippen molar-refractivity contribution in [3.63, 3.8) is 0 Å². The summed E-state index contributed by atoms with van der Waals surface area (Å²) in [6.07, 6.45) is -4.39. The largest absolute Gasteiger partial charge is 0.492 e. The van der Waals surface area contributed by atoms with Crippen LogP contribution in [0.5, 0.6) is 5.75 Å². The third kappa shape index (κ3) is 3.83. The third-order valence-electron chi connectivity index (χ3n) is 3.97. The molecule has 0 N–H and O–H groups in total. The van der Waals surface area contributed by atoms with Crippen LogP contribution in [0.15, 0.2) is 41.5 Å². The minimum absolute atomic E-state index is 0.120. The average Bonchev–Trinajstić information content (AvgIpc) is 2.60. The molecule has 10 heteroatoms. The molecule has 0 amide bonds. The summed E-state index contributed by atoms with van der Waals surface area (Å²) in [6, 6.07) is 6.09. The van der Waals surface area contributed by atoms with E-state index in [1.807, 2.05) is 0 Å². The standard InChI is InChI=1S/C17H13F4N3O3/c1-23(14-4-2-10(17(19,20)21)8-15(14)24(25)26)22-13-6-7-27-16-5-3-11(18)9-12(13)16/h2-5,8-9H,6-7H2,1H3. The highest BCUT2D eigenvalue weighted by Crippen LogP contribution is 2.36. The zero-order valence-electron chi connectivity index (χ0n) is 14.0. The second-order valence-corrected chi connectivity index (χ2v) is 5.77. The lowest BCUT2D eigenvalue weighted by molar-refractivity contribution is -0.384. The van der Waals surface area contributed by atoms with Crippen molar-refractivity contribution in [2.24, 2.45) is 5.10 Å². The summed E-state index contributed by atoms with van der Waals surface area (Å²) in [6.45, 7) is 0.278. The van der Waals surface area contributed by atoms with Crippen LogP contribution in [-0.4, -0.2) is 24.3 Å². The van der Waals surface area contributed by atoms with Gasteiger partial charge in [0.15, 0.2) is 0 Å². The summed E-state index contributed by atoms with van der Waals surface area (Å²) >= 11 is 0. The fraction of sp³-hybridized carbons (Fsp3) is 0.235. The number of nitrogens with zero attached hydrogens (tertiary/aromatic N) is 3. The molecule has 0 bridgehead atoms. The van der Waals surface area contributed by atoms with E-state index in [1.54, 1.807) is 0 Å². The predicted molar refractivity (Wildman–Crippen MR) is 89.6 cm³/mol. The van der Waals surface area contributed by atoms with Gasteiger partial charge in [-0.15, -0.1) is 0 Å². The molecule has 142 valence electrons. The van der Waals surface area contributed by atoms with E-state index in [-0.39, 0.29) is 12.3 Å². The lowest BCUT2D eigenvalue weighted by atomic mass is 10.0. The first-order valence-corrected chi connectivity index (χ1v) is 7.76. The third-order valence-corrected chi connectivity index (χ3v) is 3.97. The van der Waals surface area contributed by atoms with Crippen molar-refractivity contribution >= 4 is 17.1 Å². The Morgan fingerprint density at radius 3 is 2.63 bits per heavy atom. The Balaban J connectivity index is 2.02. The van der Waals surface area contributed by atoms with Gasteiger partial charge in [-0.25, -0.2) is 4.39 Å². The Hall–Kier alpha value is -3.17. The van der Waals surface area contributed by atoms with Crippen LogP contribution in [0.2, 0.25) is 0 Å². The van der Waals surface area contributed by atoms with Crippen LogP contribution in [0.4, 0.5) is 28.9 Å². The van der Waals surface area contributed by atoms with E-state index in [0.29, 0.717) is 29.5 Å². The zero-order valence-corrected chi connectivity index (χ0v) is 14.0. The molecule has 1 heterocycles. The number of benzene rings is 2. The SMILES string of the molecule is CN(N=C1CCOc2ccc(F)cc21)c1ccc(C(F)(F)F)cc1[N+](=O)[O-]. The van der Waals surface area contributed by atoms with Crippen LogP contribution in [0.3, 0.4) is 0 Å². The number of hydrogen-bond donors (Lipinski definition) is 0. The highest BCUT2D eigenvalue weighted by molar-refractivity contribution is 6.04. The van der Waals surface area contributed by atoms with Gasteiger partial charge in [-0.2, -0.15) is 18.3 Å². The number of fused-ring (bicyclic) bond motifs is 1. The van der Waals surface area contributed by atoms with Gasteiger partial charge in [0, 0.05) is 25.1 Å². The zero-order chi connectivity index (χ0) is 19.8. The lowest BCUT2D eigenvalue weighted by Crippen LogP contribution is -2.21. The number of hydrogen-bond acceptors (Lipinski definition) is 5. The van der Waals surface area contributed by atoms with E-state index >= 15 is 0 Å². The number of anilines is 1. The number of nitro groups is 1. The van der Waals surface area contributed by atoms with Crippen molar-refractivity contribution in [2.45, 2.75) is 12.6 Å². The molecule has 0 aliphatic carbocycles. The number of rotatable bonds is 3. The molecule has 0 saturated carbocycles. The van der Waals surface area contributed by atoms with E-state index in [9.17, 15) is 27.7 Å². The molecule has 0 saturated heterocycles. The fourth-order valence-corrected chi connectivity index (χ4v) is 2.70. The maximum absolute atomic E-state index is 13.5. The molecule has 0 atom stereocenters. The maximum Gasteiger partial charge on any atom is 0.416 e. The molecule has 6 nitrogen and oxygen atoms in total. The minimum Gasteiger partial charge on any atom is -0.492 e. The van der Waals surface area contributed by atoms with Crippen molar-refractivity contribution < 1.29 is 27.2 Å². The first kappa shape index (κ1) is 18.6. The topological polar surface area (TPSA) is 68.0 Å².